The maximum atomic E-state index is 5.49. The number of anilines is 5. The number of aryl methyl sites for hydroxylation is 2. The quantitative estimate of drug-likeness (QED) is 0.383. The molecule has 5 rings (SSSR count). The molecule has 10 heteroatoms. The summed E-state index contributed by atoms with van der Waals surface area (Å²) in [5.41, 5.74) is 8.40. The Kier molecular flexibility index (Phi) is 7.53. The molecule has 3 heterocycles. The average Bonchev–Trinajstić information content (AvgIpc) is 2.92. The Balaban J connectivity index is 1.32. The number of nitrogens with zero attached hydrogens (tertiary/aromatic N) is 6. The molecule has 0 radical (unpaired) electrons. The molecule has 3 aromatic rings. The Labute approximate surface area is 211 Å². The summed E-state index contributed by atoms with van der Waals surface area (Å²) in [4.78, 5) is 18.3. The number of nitrogens with one attached hydrogen (secondary N) is 2. The van der Waals surface area contributed by atoms with Crippen molar-refractivity contribution in [3.05, 3.63) is 59.2 Å². The zero-order chi connectivity index (χ0) is 24.7. The normalized spacial score (nSPS) is 16.4. The molecular formula is C26H32N8O2. The van der Waals surface area contributed by atoms with E-state index in [0.717, 1.165) is 61.8 Å². The van der Waals surface area contributed by atoms with Crippen LogP contribution < -0.4 is 20.5 Å². The van der Waals surface area contributed by atoms with E-state index in [9.17, 15) is 0 Å². The summed E-state index contributed by atoms with van der Waals surface area (Å²) < 4.78 is 10.9. The zero-order valence-corrected chi connectivity index (χ0v) is 20.8. The van der Waals surface area contributed by atoms with E-state index in [0.29, 0.717) is 31.1 Å². The van der Waals surface area contributed by atoms with Crippen LogP contribution >= 0.6 is 0 Å². The van der Waals surface area contributed by atoms with Gasteiger partial charge in [0.05, 0.1) is 32.6 Å². The molecule has 1 aromatic heterocycles. The van der Waals surface area contributed by atoms with E-state index in [2.05, 4.69) is 96.9 Å². The molecule has 0 aliphatic carbocycles. The first-order chi connectivity index (χ1) is 17.6. The maximum Gasteiger partial charge on any atom is 0.250 e. The predicted octanol–water partition coefficient (Wildman–Crippen LogP) is 3.35. The van der Waals surface area contributed by atoms with Gasteiger partial charge in [0, 0.05) is 37.6 Å². The second-order valence-electron chi connectivity index (χ2n) is 8.89. The monoisotopic (exact) mass is 488 g/mol. The van der Waals surface area contributed by atoms with Gasteiger partial charge >= 0.3 is 0 Å². The van der Waals surface area contributed by atoms with Crippen LogP contribution in [0.15, 0.2) is 47.6 Å². The molecule has 36 heavy (non-hydrogen) atoms. The highest BCUT2D eigenvalue weighted by atomic mass is 16.5. The van der Waals surface area contributed by atoms with Gasteiger partial charge < -0.3 is 24.6 Å². The first kappa shape index (κ1) is 24.0. The fourth-order valence-corrected chi connectivity index (χ4v) is 4.12. The molecule has 0 spiro atoms. The number of aromatic nitrogens is 3. The Bertz CT molecular complexity index is 1190. The minimum atomic E-state index is 0.375. The molecule has 2 aliphatic heterocycles. The van der Waals surface area contributed by atoms with Gasteiger partial charge in [-0.15, -0.1) is 0 Å². The fourth-order valence-electron chi connectivity index (χ4n) is 4.12. The number of morpholine rings is 2. The molecule has 2 saturated heterocycles. The second kappa shape index (κ2) is 11.3. The molecule has 2 aromatic carbocycles. The summed E-state index contributed by atoms with van der Waals surface area (Å²) in [6.07, 6.45) is 1.76. The summed E-state index contributed by atoms with van der Waals surface area (Å²) in [5.74, 6) is 1.43. The smallest absolute Gasteiger partial charge is 0.250 e. The number of benzene rings is 2. The molecular weight excluding hydrogens is 456 g/mol. The summed E-state index contributed by atoms with van der Waals surface area (Å²) in [5, 5.41) is 7.74. The predicted molar refractivity (Wildman–Crippen MR) is 143 cm³/mol. The van der Waals surface area contributed by atoms with Gasteiger partial charge in [0.25, 0.3) is 0 Å². The minimum absolute atomic E-state index is 0.375. The lowest BCUT2D eigenvalue weighted by Crippen LogP contribution is -2.37. The summed E-state index contributed by atoms with van der Waals surface area (Å²) >= 11 is 0. The summed E-state index contributed by atoms with van der Waals surface area (Å²) in [6, 6.07) is 14.6. The van der Waals surface area contributed by atoms with E-state index in [1.54, 1.807) is 6.21 Å². The first-order valence-electron chi connectivity index (χ1n) is 12.3. The molecule has 0 amide bonds. The minimum Gasteiger partial charge on any atom is -0.378 e. The van der Waals surface area contributed by atoms with Gasteiger partial charge in [-0.25, -0.2) is 5.43 Å². The van der Waals surface area contributed by atoms with Crippen LogP contribution in [0.3, 0.4) is 0 Å². The van der Waals surface area contributed by atoms with Crippen molar-refractivity contribution < 1.29 is 9.47 Å². The van der Waals surface area contributed by atoms with E-state index in [4.69, 9.17) is 9.47 Å². The Hall–Kier alpha value is -3.76. The first-order valence-corrected chi connectivity index (χ1v) is 12.3. The number of hydrogen-bond acceptors (Lipinski definition) is 10. The second-order valence-corrected chi connectivity index (χ2v) is 8.89. The van der Waals surface area contributed by atoms with Crippen LogP contribution in [0.2, 0.25) is 0 Å². The lowest BCUT2D eigenvalue weighted by molar-refractivity contribution is 0.122. The topological polar surface area (TPSA) is 100 Å². The molecule has 0 unspecified atom stereocenters. The van der Waals surface area contributed by atoms with Crippen LogP contribution in [0.1, 0.15) is 16.7 Å². The van der Waals surface area contributed by atoms with Crippen molar-refractivity contribution in [1.82, 2.24) is 15.0 Å². The third-order valence-electron chi connectivity index (χ3n) is 6.20. The van der Waals surface area contributed by atoms with E-state index in [-0.39, 0.29) is 0 Å². The number of rotatable bonds is 7. The van der Waals surface area contributed by atoms with Crippen molar-refractivity contribution in [2.24, 2.45) is 5.10 Å². The van der Waals surface area contributed by atoms with Crippen LogP contribution in [-0.2, 0) is 9.47 Å². The average molecular weight is 489 g/mol. The SMILES string of the molecule is Cc1ccc(C)c(Nc2nc(N/N=C\c3ccc(N4CCOCC4)cc3)nc(N3CCOCC3)n2)c1. The Morgan fingerprint density at radius 3 is 2.19 bits per heavy atom. The molecule has 188 valence electrons. The van der Waals surface area contributed by atoms with Crippen LogP contribution in [0.5, 0.6) is 0 Å². The van der Waals surface area contributed by atoms with Gasteiger partial charge in [0.15, 0.2) is 0 Å². The zero-order valence-electron chi connectivity index (χ0n) is 20.8. The van der Waals surface area contributed by atoms with Gasteiger partial charge in [-0.2, -0.15) is 20.1 Å². The van der Waals surface area contributed by atoms with Crippen LogP contribution in [0.4, 0.5) is 29.2 Å². The van der Waals surface area contributed by atoms with Crippen molar-refractivity contribution in [3.63, 3.8) is 0 Å². The number of hydrazone groups is 1. The van der Waals surface area contributed by atoms with Gasteiger partial charge in [-0.3, -0.25) is 0 Å². The maximum absolute atomic E-state index is 5.49. The van der Waals surface area contributed by atoms with Crippen LogP contribution in [0, 0.1) is 13.8 Å². The summed E-state index contributed by atoms with van der Waals surface area (Å²) in [7, 11) is 0. The number of ether oxygens (including phenoxy) is 2. The van der Waals surface area contributed by atoms with E-state index >= 15 is 0 Å². The van der Waals surface area contributed by atoms with E-state index in [1.807, 2.05) is 0 Å². The van der Waals surface area contributed by atoms with Gasteiger partial charge in [0.2, 0.25) is 17.8 Å². The highest BCUT2D eigenvalue weighted by molar-refractivity contribution is 5.80. The van der Waals surface area contributed by atoms with Gasteiger partial charge in [-0.1, -0.05) is 24.3 Å². The van der Waals surface area contributed by atoms with Crippen LogP contribution in [-0.4, -0.2) is 73.8 Å². The highest BCUT2D eigenvalue weighted by Gasteiger charge is 2.17. The lowest BCUT2D eigenvalue weighted by atomic mass is 10.1. The molecule has 10 nitrogen and oxygen atoms in total. The molecule has 2 N–H and O–H groups in total. The Morgan fingerprint density at radius 2 is 1.47 bits per heavy atom. The van der Waals surface area contributed by atoms with Crippen LogP contribution in [0.25, 0.3) is 0 Å². The van der Waals surface area contributed by atoms with Crippen molar-refractivity contribution in [1.29, 1.82) is 0 Å². The van der Waals surface area contributed by atoms with Crippen molar-refractivity contribution in [3.8, 4) is 0 Å². The van der Waals surface area contributed by atoms with Crippen molar-refractivity contribution >= 4 is 35.4 Å². The van der Waals surface area contributed by atoms with Gasteiger partial charge in [0.1, 0.15) is 0 Å². The fraction of sp³-hybridized carbons (Fsp3) is 0.385. The third-order valence-corrected chi connectivity index (χ3v) is 6.20. The van der Waals surface area contributed by atoms with Crippen molar-refractivity contribution in [2.45, 2.75) is 13.8 Å². The molecule has 2 aliphatic rings. The van der Waals surface area contributed by atoms with E-state index < -0.39 is 0 Å². The van der Waals surface area contributed by atoms with Gasteiger partial charge in [-0.05, 0) is 48.7 Å². The van der Waals surface area contributed by atoms with Crippen molar-refractivity contribution in [2.75, 3.05) is 73.1 Å². The third kappa shape index (κ3) is 6.07. The Morgan fingerprint density at radius 1 is 0.806 bits per heavy atom. The van der Waals surface area contributed by atoms with E-state index in [1.165, 1.54) is 5.69 Å². The standard InChI is InChI=1S/C26H32N8O2/c1-19-3-4-20(2)23(17-19)28-24-29-25(31-26(30-24)34-11-15-36-16-12-34)32-27-18-21-5-7-22(8-6-21)33-9-13-35-14-10-33/h3-8,17-18H,9-16H2,1-2H3,(H2,28,29,30,31,32)/b27-18-. The summed E-state index contributed by atoms with van der Waals surface area (Å²) in [6.45, 7) is 10.2. The molecule has 2 fully saturated rings. The molecule has 0 bridgehead atoms. The largest absolute Gasteiger partial charge is 0.378 e. The molecule has 0 atom stereocenters. The lowest BCUT2D eigenvalue weighted by Gasteiger charge is -2.28. The number of hydrogen-bond donors (Lipinski definition) is 2. The molecule has 0 saturated carbocycles. The highest BCUT2D eigenvalue weighted by Crippen LogP contribution is 2.22.